The number of hydrogen-bond acceptors (Lipinski definition) is 3. The molecule has 0 fully saturated rings. The van der Waals surface area contributed by atoms with Gasteiger partial charge in [-0.15, -0.1) is 0 Å². The van der Waals surface area contributed by atoms with E-state index in [9.17, 15) is 9.18 Å². The molecule has 3 N–H and O–H groups in total. The fourth-order valence-corrected chi connectivity index (χ4v) is 1.50. The summed E-state index contributed by atoms with van der Waals surface area (Å²) in [5.74, 6) is -0.970. The Kier molecular flexibility index (Phi) is 3.23. The number of benzene rings is 1. The molecule has 1 aromatic carbocycles. The van der Waals surface area contributed by atoms with Gasteiger partial charge in [-0.2, -0.15) is 0 Å². The largest absolute Gasteiger partial charge is 0.399 e. The molecule has 2 aromatic rings. The van der Waals surface area contributed by atoms with E-state index < -0.39 is 11.7 Å². The summed E-state index contributed by atoms with van der Waals surface area (Å²) in [6, 6.07) is 6.33. The van der Waals surface area contributed by atoms with Crippen LogP contribution in [0.5, 0.6) is 0 Å². The number of anilines is 2. The molecule has 1 heterocycles. The van der Waals surface area contributed by atoms with Crippen molar-refractivity contribution in [1.82, 2.24) is 4.98 Å². The second-order valence-electron chi connectivity index (χ2n) is 3.92. The number of amides is 1. The Morgan fingerprint density at radius 2 is 2.11 bits per heavy atom. The van der Waals surface area contributed by atoms with Gasteiger partial charge >= 0.3 is 0 Å². The van der Waals surface area contributed by atoms with Crippen LogP contribution in [0.3, 0.4) is 0 Å². The van der Waals surface area contributed by atoms with Gasteiger partial charge in [0.15, 0.2) is 0 Å². The zero-order valence-electron chi connectivity index (χ0n) is 9.77. The minimum Gasteiger partial charge on any atom is -0.399 e. The van der Waals surface area contributed by atoms with Crippen LogP contribution in [0.4, 0.5) is 15.8 Å². The first-order valence-corrected chi connectivity index (χ1v) is 5.34. The van der Waals surface area contributed by atoms with Crippen molar-refractivity contribution >= 4 is 17.3 Å². The zero-order valence-corrected chi connectivity index (χ0v) is 9.77. The second-order valence-corrected chi connectivity index (χ2v) is 3.92. The van der Waals surface area contributed by atoms with E-state index in [-0.39, 0.29) is 5.56 Å². The third-order valence-corrected chi connectivity index (χ3v) is 2.48. The van der Waals surface area contributed by atoms with E-state index in [1.54, 1.807) is 18.2 Å². The van der Waals surface area contributed by atoms with Crippen molar-refractivity contribution in [3.8, 4) is 0 Å². The fraction of sp³-hybridized carbons (Fsp3) is 0.0769. The molecule has 0 unspecified atom stereocenters. The van der Waals surface area contributed by atoms with Crippen molar-refractivity contribution in [3.05, 3.63) is 53.6 Å². The van der Waals surface area contributed by atoms with E-state index >= 15 is 0 Å². The zero-order chi connectivity index (χ0) is 13.1. The van der Waals surface area contributed by atoms with E-state index in [1.807, 2.05) is 6.92 Å². The third-order valence-electron chi connectivity index (χ3n) is 2.48. The Hall–Kier alpha value is -2.43. The topological polar surface area (TPSA) is 68.0 Å². The fourth-order valence-electron chi connectivity index (χ4n) is 1.50. The number of aryl methyl sites for hydroxylation is 1. The molecule has 0 saturated heterocycles. The van der Waals surface area contributed by atoms with Gasteiger partial charge in [0.05, 0.1) is 11.8 Å². The highest BCUT2D eigenvalue weighted by atomic mass is 19.1. The molecule has 4 nitrogen and oxygen atoms in total. The number of nitrogens with zero attached hydrogens (tertiary/aromatic N) is 1. The van der Waals surface area contributed by atoms with Crippen LogP contribution in [0.15, 0.2) is 36.7 Å². The minimum atomic E-state index is -0.549. The van der Waals surface area contributed by atoms with Crippen molar-refractivity contribution in [2.75, 3.05) is 11.1 Å². The molecule has 0 saturated carbocycles. The Labute approximate surface area is 104 Å². The smallest absolute Gasteiger partial charge is 0.257 e. The van der Waals surface area contributed by atoms with E-state index in [2.05, 4.69) is 10.3 Å². The summed E-state index contributed by atoms with van der Waals surface area (Å²) in [5, 5.41) is 2.67. The van der Waals surface area contributed by atoms with E-state index in [1.165, 1.54) is 6.20 Å². The number of carbonyl (C=O) groups excluding carboxylic acids is 1. The van der Waals surface area contributed by atoms with Gasteiger partial charge in [0, 0.05) is 17.6 Å². The average molecular weight is 245 g/mol. The van der Waals surface area contributed by atoms with E-state index in [0.29, 0.717) is 11.4 Å². The Balaban J connectivity index is 2.24. The van der Waals surface area contributed by atoms with Crippen LogP contribution < -0.4 is 11.1 Å². The summed E-state index contributed by atoms with van der Waals surface area (Å²) in [7, 11) is 0. The summed E-state index contributed by atoms with van der Waals surface area (Å²) < 4.78 is 12.9. The number of pyridine rings is 1. The molecule has 0 radical (unpaired) electrons. The summed E-state index contributed by atoms with van der Waals surface area (Å²) in [4.78, 5) is 15.5. The molecule has 0 spiro atoms. The van der Waals surface area contributed by atoms with Gasteiger partial charge in [0.2, 0.25) is 0 Å². The molecular formula is C13H12FN3O. The molecule has 0 bridgehead atoms. The van der Waals surface area contributed by atoms with Crippen molar-refractivity contribution in [2.45, 2.75) is 6.92 Å². The predicted octanol–water partition coefficient (Wildman–Crippen LogP) is 2.36. The summed E-state index contributed by atoms with van der Waals surface area (Å²) >= 11 is 0. The van der Waals surface area contributed by atoms with Crippen LogP contribution in [0.2, 0.25) is 0 Å². The molecule has 18 heavy (non-hydrogen) atoms. The second kappa shape index (κ2) is 4.83. The molecule has 0 aliphatic carbocycles. The quantitative estimate of drug-likeness (QED) is 0.798. The minimum absolute atomic E-state index is 0.164. The Bertz CT molecular complexity index is 599. The normalized spacial score (nSPS) is 10.1. The lowest BCUT2D eigenvalue weighted by atomic mass is 10.1. The molecule has 92 valence electrons. The number of nitrogens with one attached hydrogen (secondary N) is 1. The molecule has 2 rings (SSSR count). The summed E-state index contributed by atoms with van der Waals surface area (Å²) in [6.45, 7) is 1.85. The molecule has 5 heteroatoms. The summed E-state index contributed by atoms with van der Waals surface area (Å²) in [6.07, 6.45) is 2.35. The molecule has 0 aliphatic heterocycles. The Morgan fingerprint density at radius 3 is 2.83 bits per heavy atom. The molecule has 0 atom stereocenters. The standard InChI is InChI=1S/C13H12FN3O/c1-8-2-3-11(15)5-12(8)17-13(18)9-4-10(14)7-16-6-9/h2-7H,15H2,1H3,(H,17,18). The molecule has 0 aliphatic rings. The van der Waals surface area contributed by atoms with Crippen molar-refractivity contribution in [2.24, 2.45) is 0 Å². The average Bonchev–Trinajstić information content (AvgIpc) is 2.34. The van der Waals surface area contributed by atoms with Gasteiger partial charge in [0.25, 0.3) is 5.91 Å². The first-order chi connectivity index (χ1) is 8.56. The number of hydrogen-bond donors (Lipinski definition) is 2. The predicted molar refractivity (Wildman–Crippen MR) is 67.7 cm³/mol. The maximum atomic E-state index is 12.9. The highest BCUT2D eigenvalue weighted by Crippen LogP contribution is 2.18. The van der Waals surface area contributed by atoms with Crippen LogP contribution in [0.1, 0.15) is 15.9 Å². The van der Waals surface area contributed by atoms with Gasteiger partial charge < -0.3 is 11.1 Å². The Morgan fingerprint density at radius 1 is 1.33 bits per heavy atom. The van der Waals surface area contributed by atoms with Crippen molar-refractivity contribution in [3.63, 3.8) is 0 Å². The van der Waals surface area contributed by atoms with Crippen LogP contribution in [-0.4, -0.2) is 10.9 Å². The number of nitrogen functional groups attached to an aromatic ring is 1. The van der Waals surface area contributed by atoms with E-state index in [4.69, 9.17) is 5.73 Å². The van der Waals surface area contributed by atoms with Crippen molar-refractivity contribution in [1.29, 1.82) is 0 Å². The highest BCUT2D eigenvalue weighted by molar-refractivity contribution is 6.04. The molecule has 1 aromatic heterocycles. The lowest BCUT2D eigenvalue weighted by Gasteiger charge is -2.09. The third kappa shape index (κ3) is 2.63. The molecule has 1 amide bonds. The van der Waals surface area contributed by atoms with Gasteiger partial charge in [-0.05, 0) is 30.7 Å². The van der Waals surface area contributed by atoms with Crippen LogP contribution >= 0.6 is 0 Å². The SMILES string of the molecule is Cc1ccc(N)cc1NC(=O)c1cncc(F)c1. The number of halogens is 1. The van der Waals surface area contributed by atoms with Gasteiger partial charge in [-0.25, -0.2) is 4.39 Å². The lowest BCUT2D eigenvalue weighted by molar-refractivity contribution is 0.102. The maximum Gasteiger partial charge on any atom is 0.257 e. The first-order valence-electron chi connectivity index (χ1n) is 5.34. The monoisotopic (exact) mass is 245 g/mol. The number of nitrogens with two attached hydrogens (primary N) is 1. The number of aromatic nitrogens is 1. The van der Waals surface area contributed by atoms with Crippen LogP contribution in [0, 0.1) is 12.7 Å². The molecular weight excluding hydrogens is 233 g/mol. The van der Waals surface area contributed by atoms with Crippen LogP contribution in [-0.2, 0) is 0 Å². The van der Waals surface area contributed by atoms with Gasteiger partial charge in [0.1, 0.15) is 5.82 Å². The number of carbonyl (C=O) groups is 1. The number of rotatable bonds is 2. The first kappa shape index (κ1) is 12.0. The summed E-state index contributed by atoms with van der Waals surface area (Å²) in [5.41, 5.74) is 7.83. The van der Waals surface area contributed by atoms with Crippen LogP contribution in [0.25, 0.3) is 0 Å². The van der Waals surface area contributed by atoms with Gasteiger partial charge in [-0.1, -0.05) is 6.07 Å². The van der Waals surface area contributed by atoms with Crippen molar-refractivity contribution < 1.29 is 9.18 Å². The van der Waals surface area contributed by atoms with E-state index in [0.717, 1.165) is 17.8 Å². The van der Waals surface area contributed by atoms with Gasteiger partial charge in [-0.3, -0.25) is 9.78 Å². The highest BCUT2D eigenvalue weighted by Gasteiger charge is 2.09. The lowest BCUT2D eigenvalue weighted by Crippen LogP contribution is -2.13. The maximum absolute atomic E-state index is 12.9.